The number of fused-ring (bicyclic) bond motifs is 3. The Morgan fingerprint density at radius 1 is 1.30 bits per heavy atom. The fourth-order valence-corrected chi connectivity index (χ4v) is 5.34. The smallest absolute Gasteiger partial charge is 0.208 e. The topological polar surface area (TPSA) is 83.0 Å². The van der Waals surface area contributed by atoms with Crippen molar-refractivity contribution in [3.63, 3.8) is 0 Å². The van der Waals surface area contributed by atoms with E-state index in [1.165, 1.54) is 10.8 Å². The molecule has 0 spiro atoms. The Bertz CT molecular complexity index is 1420. The molecule has 7 rings (SSSR count). The molecular weight excluding hydrogens is 425 g/mol. The van der Waals surface area contributed by atoms with Gasteiger partial charge >= 0.3 is 0 Å². The zero-order valence-electron chi connectivity index (χ0n) is 18.7. The van der Waals surface area contributed by atoms with Crippen LogP contribution in [0.2, 0.25) is 0 Å². The SMILES string of the molecule is CC(C)Oc1c(CC(=O)c2cccc3ncnn23)cn2cc(C34COC(C)(C3)C4)nc2c1F. The number of Topliss-reactive ketones (excluding diaryl/α,β-unsaturated/α-hetero) is 1. The maximum Gasteiger partial charge on any atom is 0.208 e. The molecule has 2 bridgehead atoms. The number of carbonyl (C=O) groups is 1. The first-order valence-electron chi connectivity index (χ1n) is 11.1. The van der Waals surface area contributed by atoms with Crippen LogP contribution < -0.4 is 4.74 Å². The molecule has 0 atom stereocenters. The van der Waals surface area contributed by atoms with E-state index in [4.69, 9.17) is 9.47 Å². The van der Waals surface area contributed by atoms with Gasteiger partial charge in [0.05, 0.1) is 24.0 Å². The molecule has 9 heteroatoms. The molecule has 6 heterocycles. The van der Waals surface area contributed by atoms with Gasteiger partial charge in [0.1, 0.15) is 12.0 Å². The van der Waals surface area contributed by atoms with Crippen molar-refractivity contribution in [3.05, 3.63) is 59.7 Å². The lowest BCUT2D eigenvalue weighted by Crippen LogP contribution is -2.45. The summed E-state index contributed by atoms with van der Waals surface area (Å²) in [6, 6.07) is 5.21. The van der Waals surface area contributed by atoms with Gasteiger partial charge in [0.15, 0.2) is 22.8 Å². The number of halogens is 1. The Kier molecular flexibility index (Phi) is 4.20. The third-order valence-corrected chi connectivity index (χ3v) is 6.67. The van der Waals surface area contributed by atoms with Crippen LogP contribution >= 0.6 is 0 Å². The molecule has 3 fully saturated rings. The number of ketones is 1. The van der Waals surface area contributed by atoms with Crippen molar-refractivity contribution < 1.29 is 18.7 Å². The molecule has 3 aliphatic rings. The molecule has 170 valence electrons. The van der Waals surface area contributed by atoms with Gasteiger partial charge in [-0.1, -0.05) is 6.07 Å². The maximum absolute atomic E-state index is 15.7. The molecular formula is C24H24FN5O3. The number of pyridine rings is 2. The van der Waals surface area contributed by atoms with Crippen molar-refractivity contribution in [1.82, 2.24) is 24.0 Å². The highest BCUT2D eigenvalue weighted by Gasteiger charge is 2.61. The van der Waals surface area contributed by atoms with E-state index in [0.717, 1.165) is 18.5 Å². The number of imidazole rings is 1. The quantitative estimate of drug-likeness (QED) is 0.419. The number of aromatic nitrogens is 5. The minimum atomic E-state index is -0.559. The second kappa shape index (κ2) is 6.84. The van der Waals surface area contributed by atoms with Crippen LogP contribution in [0.1, 0.15) is 55.4 Å². The first kappa shape index (κ1) is 20.3. The zero-order chi connectivity index (χ0) is 23.0. The molecule has 2 aliphatic heterocycles. The van der Waals surface area contributed by atoms with E-state index in [2.05, 4.69) is 22.0 Å². The van der Waals surface area contributed by atoms with Crippen molar-refractivity contribution >= 4 is 17.1 Å². The lowest BCUT2D eigenvalue weighted by Gasteiger charge is -2.41. The van der Waals surface area contributed by atoms with E-state index < -0.39 is 5.82 Å². The Hall–Kier alpha value is -3.33. The van der Waals surface area contributed by atoms with E-state index in [9.17, 15) is 4.79 Å². The number of rotatable bonds is 6. The van der Waals surface area contributed by atoms with E-state index in [1.807, 2.05) is 20.0 Å². The van der Waals surface area contributed by atoms with E-state index >= 15 is 4.39 Å². The van der Waals surface area contributed by atoms with Gasteiger partial charge < -0.3 is 13.9 Å². The largest absolute Gasteiger partial charge is 0.487 e. The molecule has 2 saturated heterocycles. The summed E-state index contributed by atoms with van der Waals surface area (Å²) in [6.07, 6.45) is 6.46. The molecule has 0 aromatic carbocycles. The normalized spacial score (nSPS) is 24.0. The number of hydrogen-bond acceptors (Lipinski definition) is 6. The highest BCUT2D eigenvalue weighted by molar-refractivity contribution is 5.96. The van der Waals surface area contributed by atoms with Gasteiger partial charge in [-0.15, -0.1) is 0 Å². The molecule has 1 aliphatic carbocycles. The van der Waals surface area contributed by atoms with Gasteiger partial charge in [-0.2, -0.15) is 9.49 Å². The third kappa shape index (κ3) is 3.06. The van der Waals surface area contributed by atoms with Crippen LogP contribution in [0.5, 0.6) is 5.75 Å². The number of hydrogen-bond donors (Lipinski definition) is 0. The van der Waals surface area contributed by atoms with Crippen LogP contribution in [0.3, 0.4) is 0 Å². The lowest BCUT2D eigenvalue weighted by molar-refractivity contribution is 0.0154. The maximum atomic E-state index is 15.7. The number of nitrogens with zero attached hydrogens (tertiary/aromatic N) is 5. The molecule has 0 radical (unpaired) electrons. The van der Waals surface area contributed by atoms with Crippen LogP contribution in [-0.2, 0) is 16.6 Å². The molecule has 4 aromatic rings. The van der Waals surface area contributed by atoms with Gasteiger partial charge in [-0.3, -0.25) is 4.79 Å². The van der Waals surface area contributed by atoms with Crippen molar-refractivity contribution in [2.75, 3.05) is 6.61 Å². The summed E-state index contributed by atoms with van der Waals surface area (Å²) >= 11 is 0. The second-order valence-electron chi connectivity index (χ2n) is 9.73. The number of carbonyl (C=O) groups excluding carboxylic acids is 1. The fraction of sp³-hybridized carbons (Fsp3) is 0.417. The molecule has 4 aromatic heterocycles. The van der Waals surface area contributed by atoms with E-state index in [-0.39, 0.29) is 40.7 Å². The molecule has 33 heavy (non-hydrogen) atoms. The van der Waals surface area contributed by atoms with E-state index in [1.54, 1.807) is 28.8 Å². The van der Waals surface area contributed by atoms with Crippen molar-refractivity contribution in [2.24, 2.45) is 0 Å². The number of ether oxygens (including phenoxy) is 2. The molecule has 0 N–H and O–H groups in total. The summed E-state index contributed by atoms with van der Waals surface area (Å²) in [4.78, 5) is 22.0. The van der Waals surface area contributed by atoms with Crippen LogP contribution in [0, 0.1) is 5.82 Å². The monoisotopic (exact) mass is 449 g/mol. The van der Waals surface area contributed by atoms with Crippen LogP contribution in [-0.4, -0.2) is 48.1 Å². The predicted molar refractivity (Wildman–Crippen MR) is 117 cm³/mol. The summed E-state index contributed by atoms with van der Waals surface area (Å²) in [5, 5.41) is 4.14. The molecule has 8 nitrogen and oxygen atoms in total. The van der Waals surface area contributed by atoms with E-state index in [0.29, 0.717) is 23.5 Å². The van der Waals surface area contributed by atoms with Crippen molar-refractivity contribution in [1.29, 1.82) is 0 Å². The highest BCUT2D eigenvalue weighted by Crippen LogP contribution is 2.58. The molecule has 0 unspecified atom stereocenters. The first-order chi connectivity index (χ1) is 15.8. The third-order valence-electron chi connectivity index (χ3n) is 6.67. The van der Waals surface area contributed by atoms with Crippen LogP contribution in [0.15, 0.2) is 36.9 Å². The van der Waals surface area contributed by atoms with Gasteiger partial charge in [0.25, 0.3) is 0 Å². The summed E-state index contributed by atoms with van der Waals surface area (Å²) in [7, 11) is 0. The Balaban J connectivity index is 1.42. The standard InChI is InChI=1S/C24H24FN5O3/c1-14(2)33-21-15(7-17(31)16-5-4-6-19-26-13-27-30(16)19)8-29-9-18(28-22(29)20(21)25)24-10-23(3,11-24)32-12-24/h4-6,8-9,13-14H,7,10-12H2,1-3H3. The van der Waals surface area contributed by atoms with Crippen LogP contribution in [0.25, 0.3) is 11.3 Å². The van der Waals surface area contributed by atoms with Crippen molar-refractivity contribution in [3.8, 4) is 5.75 Å². The minimum absolute atomic E-state index is 0.0479. The summed E-state index contributed by atoms with van der Waals surface area (Å²) < 4.78 is 30.6. The Morgan fingerprint density at radius 2 is 2.12 bits per heavy atom. The van der Waals surface area contributed by atoms with Gasteiger partial charge in [-0.25, -0.2) is 14.5 Å². The van der Waals surface area contributed by atoms with Crippen LogP contribution in [0.4, 0.5) is 4.39 Å². The van der Waals surface area contributed by atoms with Crippen molar-refractivity contribution in [2.45, 2.75) is 57.2 Å². The zero-order valence-corrected chi connectivity index (χ0v) is 18.7. The van der Waals surface area contributed by atoms with Gasteiger partial charge in [-0.05, 0) is 45.7 Å². The highest BCUT2D eigenvalue weighted by atomic mass is 19.1. The van der Waals surface area contributed by atoms with Gasteiger partial charge in [0, 0.05) is 29.8 Å². The predicted octanol–water partition coefficient (Wildman–Crippen LogP) is 3.55. The minimum Gasteiger partial charge on any atom is -0.487 e. The average Bonchev–Trinajstić information content (AvgIpc) is 3.51. The van der Waals surface area contributed by atoms with Gasteiger partial charge in [0.2, 0.25) is 5.82 Å². The summed E-state index contributed by atoms with van der Waals surface area (Å²) in [5.74, 6) is -0.708. The average molecular weight is 449 g/mol. The summed E-state index contributed by atoms with van der Waals surface area (Å²) in [6.45, 7) is 6.35. The Labute approximate surface area is 189 Å². The second-order valence-corrected chi connectivity index (χ2v) is 9.73. The molecule has 0 amide bonds. The molecule has 1 saturated carbocycles. The lowest BCUT2D eigenvalue weighted by atomic mass is 9.62. The Morgan fingerprint density at radius 3 is 2.85 bits per heavy atom. The summed E-state index contributed by atoms with van der Waals surface area (Å²) in [5.41, 5.74) is 2.17. The fourth-order valence-electron chi connectivity index (χ4n) is 5.34. The first-order valence-corrected chi connectivity index (χ1v) is 11.1.